The van der Waals surface area contributed by atoms with Gasteiger partial charge in [0.1, 0.15) is 5.75 Å². The number of nitrogens with zero attached hydrogens (tertiary/aromatic N) is 1. The van der Waals surface area contributed by atoms with Crippen molar-refractivity contribution in [3.63, 3.8) is 0 Å². The van der Waals surface area contributed by atoms with Crippen LogP contribution in [0.1, 0.15) is 60.6 Å². The molecule has 1 saturated carbocycles. The van der Waals surface area contributed by atoms with E-state index in [-0.39, 0.29) is 0 Å². The highest BCUT2D eigenvalue weighted by molar-refractivity contribution is 5.89. The van der Waals surface area contributed by atoms with E-state index in [1.807, 2.05) is 19.1 Å². The van der Waals surface area contributed by atoms with Crippen molar-refractivity contribution in [2.75, 3.05) is 6.61 Å². The standard InChI is InChI=1S/C22H27NO3/c1-3-12-26-21-11-8-15(2)13-18(21)19-10-9-17(22(24)25)20(23-19)14-16-6-4-5-7-16/h8-11,13,16H,3-7,12,14H2,1-2H3,(H,24,25). The molecule has 0 atom stereocenters. The van der Waals surface area contributed by atoms with E-state index in [1.54, 1.807) is 12.1 Å². The van der Waals surface area contributed by atoms with E-state index in [9.17, 15) is 9.90 Å². The van der Waals surface area contributed by atoms with Gasteiger partial charge in [0, 0.05) is 5.56 Å². The Kier molecular flexibility index (Phi) is 5.92. The maximum Gasteiger partial charge on any atom is 0.337 e. The Hall–Kier alpha value is -2.36. The van der Waals surface area contributed by atoms with Crippen LogP contribution in [0.3, 0.4) is 0 Å². The van der Waals surface area contributed by atoms with Crippen molar-refractivity contribution in [1.82, 2.24) is 4.98 Å². The number of carboxylic acid groups (broad SMARTS) is 1. The van der Waals surface area contributed by atoms with Crippen molar-refractivity contribution in [3.05, 3.63) is 47.2 Å². The minimum absolute atomic E-state index is 0.323. The first-order valence-electron chi connectivity index (χ1n) is 9.55. The van der Waals surface area contributed by atoms with Gasteiger partial charge in [-0.3, -0.25) is 4.98 Å². The number of aromatic nitrogens is 1. The van der Waals surface area contributed by atoms with Gasteiger partial charge < -0.3 is 9.84 Å². The van der Waals surface area contributed by atoms with Crippen LogP contribution in [0.15, 0.2) is 30.3 Å². The fraction of sp³-hybridized carbons (Fsp3) is 0.455. The number of hydrogen-bond donors (Lipinski definition) is 1. The number of aryl methyl sites for hydroxylation is 1. The average Bonchev–Trinajstić information content (AvgIpc) is 3.13. The van der Waals surface area contributed by atoms with Gasteiger partial charge in [-0.15, -0.1) is 0 Å². The number of carbonyl (C=O) groups is 1. The predicted octanol–water partition coefficient (Wildman–Crippen LogP) is 5.28. The molecule has 0 amide bonds. The van der Waals surface area contributed by atoms with E-state index in [2.05, 4.69) is 13.0 Å². The molecule has 138 valence electrons. The molecule has 4 heteroatoms. The van der Waals surface area contributed by atoms with Crippen molar-refractivity contribution in [2.24, 2.45) is 5.92 Å². The van der Waals surface area contributed by atoms with E-state index >= 15 is 0 Å². The van der Waals surface area contributed by atoms with E-state index in [1.165, 1.54) is 25.7 Å². The van der Waals surface area contributed by atoms with Crippen LogP contribution in [0.25, 0.3) is 11.3 Å². The molecule has 26 heavy (non-hydrogen) atoms. The zero-order valence-corrected chi connectivity index (χ0v) is 15.6. The van der Waals surface area contributed by atoms with Gasteiger partial charge >= 0.3 is 5.97 Å². The molecule has 2 aromatic rings. The van der Waals surface area contributed by atoms with Crippen LogP contribution < -0.4 is 4.74 Å². The number of carboxylic acids is 1. The molecule has 0 saturated heterocycles. The second-order valence-corrected chi connectivity index (χ2v) is 7.20. The summed E-state index contributed by atoms with van der Waals surface area (Å²) in [5, 5.41) is 9.55. The molecule has 3 rings (SSSR count). The maximum atomic E-state index is 11.6. The van der Waals surface area contributed by atoms with E-state index in [0.29, 0.717) is 23.8 Å². The molecule has 1 N–H and O–H groups in total. The monoisotopic (exact) mass is 353 g/mol. The summed E-state index contributed by atoms with van der Waals surface area (Å²) in [6.45, 7) is 4.77. The molecule has 1 aliphatic rings. The summed E-state index contributed by atoms with van der Waals surface area (Å²) in [5.41, 5.74) is 3.88. The Morgan fingerprint density at radius 3 is 2.69 bits per heavy atom. The Morgan fingerprint density at radius 1 is 1.23 bits per heavy atom. The fourth-order valence-electron chi connectivity index (χ4n) is 3.67. The molecule has 4 nitrogen and oxygen atoms in total. The van der Waals surface area contributed by atoms with Gasteiger partial charge in [-0.2, -0.15) is 0 Å². The first-order chi connectivity index (χ1) is 12.6. The average molecular weight is 353 g/mol. The zero-order chi connectivity index (χ0) is 18.5. The van der Waals surface area contributed by atoms with Crippen LogP contribution in [0.4, 0.5) is 0 Å². The highest BCUT2D eigenvalue weighted by Gasteiger charge is 2.21. The second-order valence-electron chi connectivity index (χ2n) is 7.20. The second kappa shape index (κ2) is 8.35. The van der Waals surface area contributed by atoms with Gasteiger partial charge in [-0.25, -0.2) is 4.79 Å². The third-order valence-electron chi connectivity index (χ3n) is 5.03. The first-order valence-corrected chi connectivity index (χ1v) is 9.55. The minimum atomic E-state index is -0.899. The number of rotatable bonds is 7. The van der Waals surface area contributed by atoms with E-state index < -0.39 is 5.97 Å². The largest absolute Gasteiger partial charge is 0.493 e. The summed E-state index contributed by atoms with van der Waals surface area (Å²) in [6.07, 6.45) is 6.48. The van der Waals surface area contributed by atoms with Crippen molar-refractivity contribution in [1.29, 1.82) is 0 Å². The van der Waals surface area contributed by atoms with E-state index in [4.69, 9.17) is 9.72 Å². The molecule has 1 aliphatic carbocycles. The van der Waals surface area contributed by atoms with Gasteiger partial charge in [0.15, 0.2) is 0 Å². The molecule has 0 bridgehead atoms. The summed E-state index contributed by atoms with van der Waals surface area (Å²) >= 11 is 0. The lowest BCUT2D eigenvalue weighted by molar-refractivity contribution is 0.0695. The minimum Gasteiger partial charge on any atom is -0.493 e. The molecular formula is C22H27NO3. The molecule has 1 aromatic heterocycles. The summed E-state index contributed by atoms with van der Waals surface area (Å²) < 4.78 is 5.89. The predicted molar refractivity (Wildman–Crippen MR) is 103 cm³/mol. The van der Waals surface area contributed by atoms with E-state index in [0.717, 1.165) is 35.4 Å². The van der Waals surface area contributed by atoms with Crippen molar-refractivity contribution in [3.8, 4) is 17.0 Å². The van der Waals surface area contributed by atoms with Crippen LogP contribution in [0.5, 0.6) is 5.75 Å². The topological polar surface area (TPSA) is 59.4 Å². The van der Waals surface area contributed by atoms with Crippen LogP contribution >= 0.6 is 0 Å². The molecule has 0 spiro atoms. The third-order valence-corrected chi connectivity index (χ3v) is 5.03. The quantitative estimate of drug-likeness (QED) is 0.736. The van der Waals surface area contributed by atoms with Crippen molar-refractivity contribution >= 4 is 5.97 Å². The highest BCUT2D eigenvalue weighted by Crippen LogP contribution is 2.33. The Morgan fingerprint density at radius 2 is 2.00 bits per heavy atom. The van der Waals surface area contributed by atoms with Crippen LogP contribution in [-0.4, -0.2) is 22.7 Å². The van der Waals surface area contributed by atoms with Crippen molar-refractivity contribution in [2.45, 2.75) is 52.4 Å². The number of ether oxygens (including phenoxy) is 1. The molecule has 0 aliphatic heterocycles. The summed E-state index contributed by atoms with van der Waals surface area (Å²) in [5.74, 6) is 0.452. The first kappa shape index (κ1) is 18.4. The Balaban J connectivity index is 1.99. The number of aromatic carboxylic acids is 1. The molecule has 1 heterocycles. The molecule has 1 fully saturated rings. The lowest BCUT2D eigenvalue weighted by atomic mass is 9.97. The Labute approximate surface area is 155 Å². The fourth-order valence-corrected chi connectivity index (χ4v) is 3.67. The lowest BCUT2D eigenvalue weighted by Gasteiger charge is -2.15. The van der Waals surface area contributed by atoms with Crippen molar-refractivity contribution < 1.29 is 14.6 Å². The normalized spacial score (nSPS) is 14.5. The van der Waals surface area contributed by atoms with Crippen LogP contribution in [-0.2, 0) is 6.42 Å². The summed E-state index contributed by atoms with van der Waals surface area (Å²) in [7, 11) is 0. The highest BCUT2D eigenvalue weighted by atomic mass is 16.5. The zero-order valence-electron chi connectivity index (χ0n) is 15.6. The van der Waals surface area contributed by atoms with Gasteiger partial charge in [0.25, 0.3) is 0 Å². The molecule has 0 radical (unpaired) electrons. The SMILES string of the molecule is CCCOc1ccc(C)cc1-c1ccc(C(=O)O)c(CC2CCCC2)n1. The van der Waals surface area contributed by atoms with Crippen LogP contribution in [0.2, 0.25) is 0 Å². The Bertz CT molecular complexity index is 779. The summed E-state index contributed by atoms with van der Waals surface area (Å²) in [4.78, 5) is 16.4. The number of benzene rings is 1. The smallest absolute Gasteiger partial charge is 0.337 e. The van der Waals surface area contributed by atoms with Gasteiger partial charge in [-0.1, -0.05) is 44.2 Å². The van der Waals surface area contributed by atoms with Crippen LogP contribution in [0, 0.1) is 12.8 Å². The lowest BCUT2D eigenvalue weighted by Crippen LogP contribution is -2.10. The number of pyridine rings is 1. The van der Waals surface area contributed by atoms with Gasteiger partial charge in [0.05, 0.1) is 23.6 Å². The number of hydrogen-bond acceptors (Lipinski definition) is 3. The third kappa shape index (κ3) is 4.24. The summed E-state index contributed by atoms with van der Waals surface area (Å²) in [6, 6.07) is 9.56. The van der Waals surface area contributed by atoms with Gasteiger partial charge in [-0.05, 0) is 49.9 Å². The maximum absolute atomic E-state index is 11.6. The molecule has 1 aromatic carbocycles. The van der Waals surface area contributed by atoms with Gasteiger partial charge in [0.2, 0.25) is 0 Å². The molecular weight excluding hydrogens is 326 g/mol. The molecule has 0 unspecified atom stereocenters.